The fourth-order valence-electron chi connectivity index (χ4n) is 1.41. The number of carbonyl (C=O) groups is 2. The number of halogens is 1. The van der Waals surface area contributed by atoms with E-state index in [1.54, 1.807) is 19.1 Å². The van der Waals surface area contributed by atoms with Crippen molar-refractivity contribution in [3.63, 3.8) is 0 Å². The van der Waals surface area contributed by atoms with Gasteiger partial charge in [0.05, 0.1) is 6.61 Å². The Bertz CT molecular complexity index is 384. The van der Waals surface area contributed by atoms with Crippen molar-refractivity contribution in [1.29, 1.82) is 0 Å². The van der Waals surface area contributed by atoms with Gasteiger partial charge in [-0.15, -0.1) is 0 Å². The minimum atomic E-state index is -0.240. The molecule has 0 fully saturated rings. The smallest absolute Gasteiger partial charge is 0.305 e. The van der Waals surface area contributed by atoms with Crippen LogP contribution in [0.25, 0.3) is 0 Å². The van der Waals surface area contributed by atoms with Crippen LogP contribution in [0.4, 0.5) is 0 Å². The first kappa shape index (κ1) is 13.9. The van der Waals surface area contributed by atoms with Crippen LogP contribution in [0.1, 0.15) is 36.5 Å². The molecule has 1 aromatic rings. The highest BCUT2D eigenvalue weighted by atomic mass is 79.9. The summed E-state index contributed by atoms with van der Waals surface area (Å²) in [5.41, 5.74) is 0.678. The molecule has 92 valence electrons. The Kier molecular flexibility index (Phi) is 5.91. The van der Waals surface area contributed by atoms with E-state index in [-0.39, 0.29) is 11.8 Å². The van der Waals surface area contributed by atoms with Crippen molar-refractivity contribution in [3.05, 3.63) is 34.3 Å². The maximum atomic E-state index is 11.7. The van der Waals surface area contributed by atoms with Crippen LogP contribution in [0.3, 0.4) is 0 Å². The second-order valence-corrected chi connectivity index (χ2v) is 4.50. The molecule has 4 heteroatoms. The zero-order chi connectivity index (χ0) is 12.7. The molecule has 1 rings (SSSR count). The fourth-order valence-corrected chi connectivity index (χ4v) is 1.67. The van der Waals surface area contributed by atoms with Gasteiger partial charge < -0.3 is 4.74 Å². The van der Waals surface area contributed by atoms with Gasteiger partial charge in [-0.05, 0) is 25.5 Å². The second kappa shape index (κ2) is 7.22. The summed E-state index contributed by atoms with van der Waals surface area (Å²) < 4.78 is 5.73. The molecule has 0 aliphatic carbocycles. The average Bonchev–Trinajstić information content (AvgIpc) is 2.30. The Morgan fingerprint density at radius 3 is 2.41 bits per heavy atom. The molecule has 0 aromatic heterocycles. The molecule has 0 aliphatic heterocycles. The Morgan fingerprint density at radius 2 is 1.82 bits per heavy atom. The molecule has 1 aromatic carbocycles. The van der Waals surface area contributed by atoms with Crippen LogP contribution in [0.2, 0.25) is 0 Å². The van der Waals surface area contributed by atoms with E-state index in [9.17, 15) is 9.59 Å². The number of ketones is 1. The normalized spacial score (nSPS) is 10.0. The molecular weight excluding hydrogens is 284 g/mol. The number of ether oxygens (including phenoxy) is 1. The zero-order valence-electron chi connectivity index (χ0n) is 9.74. The number of benzene rings is 1. The summed E-state index contributed by atoms with van der Waals surface area (Å²) in [7, 11) is 0. The molecule has 0 saturated heterocycles. The van der Waals surface area contributed by atoms with Gasteiger partial charge in [-0.1, -0.05) is 28.1 Å². The Hall–Kier alpha value is -1.16. The molecule has 0 atom stereocenters. The van der Waals surface area contributed by atoms with E-state index in [4.69, 9.17) is 4.74 Å². The van der Waals surface area contributed by atoms with Crippen molar-refractivity contribution >= 4 is 27.7 Å². The summed E-state index contributed by atoms with van der Waals surface area (Å²) in [6, 6.07) is 7.21. The summed E-state index contributed by atoms with van der Waals surface area (Å²) in [5, 5.41) is 0. The van der Waals surface area contributed by atoms with Crippen LogP contribution >= 0.6 is 15.9 Å². The van der Waals surface area contributed by atoms with Crippen molar-refractivity contribution in [2.75, 3.05) is 6.61 Å². The summed E-state index contributed by atoms with van der Waals surface area (Å²) in [4.78, 5) is 22.8. The monoisotopic (exact) mass is 298 g/mol. The molecule has 0 amide bonds. The zero-order valence-corrected chi connectivity index (χ0v) is 11.3. The molecule has 0 bridgehead atoms. The van der Waals surface area contributed by atoms with Crippen LogP contribution in [-0.2, 0) is 9.53 Å². The first-order chi connectivity index (χ1) is 8.13. The number of hydrogen-bond donors (Lipinski definition) is 0. The van der Waals surface area contributed by atoms with Crippen LogP contribution in [0.5, 0.6) is 0 Å². The van der Waals surface area contributed by atoms with E-state index in [0.29, 0.717) is 31.4 Å². The van der Waals surface area contributed by atoms with Gasteiger partial charge in [-0.3, -0.25) is 9.59 Å². The molecule has 0 saturated carbocycles. The number of esters is 1. The summed E-state index contributed by atoms with van der Waals surface area (Å²) >= 11 is 3.31. The lowest BCUT2D eigenvalue weighted by Gasteiger charge is -2.02. The van der Waals surface area contributed by atoms with Crippen LogP contribution in [0, 0.1) is 0 Å². The summed E-state index contributed by atoms with van der Waals surface area (Å²) in [6.07, 6.45) is 1.21. The lowest BCUT2D eigenvalue weighted by atomic mass is 10.1. The van der Waals surface area contributed by atoms with Gasteiger partial charge >= 0.3 is 5.97 Å². The van der Waals surface area contributed by atoms with Crippen molar-refractivity contribution in [2.24, 2.45) is 0 Å². The molecule has 17 heavy (non-hydrogen) atoms. The molecular formula is C13H15BrO3. The van der Waals surface area contributed by atoms with Gasteiger partial charge in [-0.2, -0.15) is 0 Å². The van der Waals surface area contributed by atoms with Crippen molar-refractivity contribution < 1.29 is 14.3 Å². The Balaban J connectivity index is 2.35. The van der Waals surface area contributed by atoms with E-state index in [0.717, 1.165) is 4.47 Å². The second-order valence-electron chi connectivity index (χ2n) is 3.59. The average molecular weight is 299 g/mol. The van der Waals surface area contributed by atoms with Crippen molar-refractivity contribution in [3.8, 4) is 0 Å². The lowest BCUT2D eigenvalue weighted by molar-refractivity contribution is -0.143. The highest BCUT2D eigenvalue weighted by molar-refractivity contribution is 9.10. The Labute approximate surface area is 109 Å². The topological polar surface area (TPSA) is 43.4 Å². The van der Waals surface area contributed by atoms with Crippen LogP contribution in [-0.4, -0.2) is 18.4 Å². The number of Topliss-reactive ketones (excluding diaryl/α,β-unsaturated/α-hetero) is 1. The number of carbonyl (C=O) groups excluding carboxylic acids is 2. The quantitative estimate of drug-likeness (QED) is 0.597. The van der Waals surface area contributed by atoms with Crippen LogP contribution in [0.15, 0.2) is 28.7 Å². The maximum absolute atomic E-state index is 11.7. The van der Waals surface area contributed by atoms with Gasteiger partial charge in [0.2, 0.25) is 0 Å². The van der Waals surface area contributed by atoms with Gasteiger partial charge in [0, 0.05) is 22.9 Å². The minimum absolute atomic E-state index is 0.0572. The van der Waals surface area contributed by atoms with Gasteiger partial charge in [0.15, 0.2) is 5.78 Å². The van der Waals surface area contributed by atoms with Crippen LogP contribution < -0.4 is 0 Å². The fraction of sp³-hybridized carbons (Fsp3) is 0.385. The third kappa shape index (κ3) is 5.13. The molecule has 0 unspecified atom stereocenters. The van der Waals surface area contributed by atoms with E-state index in [1.807, 2.05) is 12.1 Å². The third-order valence-electron chi connectivity index (χ3n) is 2.26. The highest BCUT2D eigenvalue weighted by Gasteiger charge is 2.07. The molecule has 0 spiro atoms. The molecule has 0 aliphatic rings. The predicted molar refractivity (Wildman–Crippen MR) is 69.0 cm³/mol. The lowest BCUT2D eigenvalue weighted by Crippen LogP contribution is -2.05. The number of hydrogen-bond acceptors (Lipinski definition) is 3. The predicted octanol–water partition coefficient (Wildman–Crippen LogP) is 3.37. The number of rotatable bonds is 6. The molecule has 0 N–H and O–H groups in total. The Morgan fingerprint density at radius 1 is 1.18 bits per heavy atom. The summed E-state index contributed by atoms with van der Waals surface area (Å²) in [5.74, 6) is -0.182. The summed E-state index contributed by atoms with van der Waals surface area (Å²) in [6.45, 7) is 2.16. The van der Waals surface area contributed by atoms with E-state index >= 15 is 0 Å². The van der Waals surface area contributed by atoms with Crippen molar-refractivity contribution in [1.82, 2.24) is 0 Å². The molecule has 0 radical (unpaired) electrons. The first-order valence-electron chi connectivity index (χ1n) is 5.58. The van der Waals surface area contributed by atoms with E-state index in [1.165, 1.54) is 0 Å². The van der Waals surface area contributed by atoms with E-state index in [2.05, 4.69) is 15.9 Å². The highest BCUT2D eigenvalue weighted by Crippen LogP contribution is 2.13. The largest absolute Gasteiger partial charge is 0.466 e. The van der Waals surface area contributed by atoms with Gasteiger partial charge in [0.25, 0.3) is 0 Å². The minimum Gasteiger partial charge on any atom is -0.466 e. The third-order valence-corrected chi connectivity index (χ3v) is 2.78. The molecule has 0 heterocycles. The van der Waals surface area contributed by atoms with Gasteiger partial charge in [-0.25, -0.2) is 0 Å². The first-order valence-corrected chi connectivity index (χ1v) is 6.37. The van der Waals surface area contributed by atoms with Gasteiger partial charge in [0.1, 0.15) is 0 Å². The molecule has 3 nitrogen and oxygen atoms in total. The standard InChI is InChI=1S/C13H15BrO3/c1-2-17-13(16)5-3-4-12(15)10-6-8-11(14)9-7-10/h6-9H,2-5H2,1H3. The van der Waals surface area contributed by atoms with Crippen molar-refractivity contribution in [2.45, 2.75) is 26.2 Å². The SMILES string of the molecule is CCOC(=O)CCCC(=O)c1ccc(Br)cc1. The van der Waals surface area contributed by atoms with E-state index < -0.39 is 0 Å². The maximum Gasteiger partial charge on any atom is 0.305 e.